The largest absolute Gasteiger partial charge is 0.419 e. The maximum absolute atomic E-state index is 9.35. The van der Waals surface area contributed by atoms with Crippen molar-refractivity contribution >= 4 is 5.88 Å². The number of rotatable bonds is 6. The molecule has 3 aromatic rings. The Morgan fingerprint density at radius 3 is 2.48 bits per heavy atom. The predicted molar refractivity (Wildman–Crippen MR) is 99.4 cm³/mol. The SMILES string of the molecule is CCC(CNc1oc(-c2ccc(C)cc2)nc1C#N)c1ccccc1. The van der Waals surface area contributed by atoms with Crippen LogP contribution in [-0.4, -0.2) is 11.5 Å². The number of nitrogens with zero attached hydrogens (tertiary/aromatic N) is 2. The Bertz CT molecular complexity index is 860. The van der Waals surface area contributed by atoms with Gasteiger partial charge in [-0.1, -0.05) is 55.0 Å². The van der Waals surface area contributed by atoms with E-state index in [1.807, 2.05) is 49.4 Å². The second-order valence-corrected chi connectivity index (χ2v) is 6.07. The van der Waals surface area contributed by atoms with E-state index in [2.05, 4.69) is 35.4 Å². The zero-order valence-electron chi connectivity index (χ0n) is 14.5. The summed E-state index contributed by atoms with van der Waals surface area (Å²) in [5.74, 6) is 1.25. The molecule has 0 saturated carbocycles. The third kappa shape index (κ3) is 3.89. The van der Waals surface area contributed by atoms with Crippen molar-refractivity contribution in [2.24, 2.45) is 0 Å². The van der Waals surface area contributed by atoms with E-state index in [1.165, 1.54) is 11.1 Å². The van der Waals surface area contributed by atoms with E-state index in [9.17, 15) is 5.26 Å². The molecule has 25 heavy (non-hydrogen) atoms. The third-order valence-corrected chi connectivity index (χ3v) is 4.30. The summed E-state index contributed by atoms with van der Waals surface area (Å²) < 4.78 is 5.82. The van der Waals surface area contributed by atoms with Crippen molar-refractivity contribution < 1.29 is 4.42 Å². The van der Waals surface area contributed by atoms with Crippen LogP contribution in [0.15, 0.2) is 59.0 Å². The first kappa shape index (κ1) is 16.8. The minimum atomic E-state index is 0.290. The van der Waals surface area contributed by atoms with Crippen molar-refractivity contribution in [1.82, 2.24) is 4.98 Å². The van der Waals surface area contributed by atoms with Crippen LogP contribution in [0, 0.1) is 18.3 Å². The summed E-state index contributed by atoms with van der Waals surface area (Å²) in [6.07, 6.45) is 0.998. The number of hydrogen-bond donors (Lipinski definition) is 1. The van der Waals surface area contributed by atoms with Crippen LogP contribution in [0.4, 0.5) is 5.88 Å². The molecule has 4 nitrogen and oxygen atoms in total. The molecule has 0 aliphatic rings. The lowest BCUT2D eigenvalue weighted by Crippen LogP contribution is -2.12. The monoisotopic (exact) mass is 331 g/mol. The lowest BCUT2D eigenvalue weighted by molar-refractivity contribution is 0.577. The second kappa shape index (κ2) is 7.67. The van der Waals surface area contributed by atoms with Crippen molar-refractivity contribution in [1.29, 1.82) is 5.26 Å². The number of aromatic nitrogens is 1. The van der Waals surface area contributed by atoms with Crippen molar-refractivity contribution in [3.05, 3.63) is 71.4 Å². The minimum Gasteiger partial charge on any atom is -0.419 e. The summed E-state index contributed by atoms with van der Waals surface area (Å²) in [6.45, 7) is 4.88. The fraction of sp³-hybridized carbons (Fsp3) is 0.238. The molecule has 3 rings (SSSR count). The maximum atomic E-state index is 9.35. The smallest absolute Gasteiger partial charge is 0.232 e. The van der Waals surface area contributed by atoms with Gasteiger partial charge in [-0.2, -0.15) is 10.2 Å². The fourth-order valence-electron chi connectivity index (χ4n) is 2.77. The summed E-state index contributed by atoms with van der Waals surface area (Å²) in [5.41, 5.74) is 3.60. The van der Waals surface area contributed by atoms with Gasteiger partial charge >= 0.3 is 0 Å². The van der Waals surface area contributed by atoms with Gasteiger partial charge in [0.05, 0.1) is 0 Å². The molecular formula is C21H21N3O. The van der Waals surface area contributed by atoms with Gasteiger partial charge in [-0.15, -0.1) is 0 Å². The van der Waals surface area contributed by atoms with Gasteiger partial charge in [-0.25, -0.2) is 0 Å². The molecule has 0 fully saturated rings. The van der Waals surface area contributed by atoms with E-state index in [-0.39, 0.29) is 0 Å². The van der Waals surface area contributed by atoms with E-state index in [4.69, 9.17) is 4.42 Å². The van der Waals surface area contributed by atoms with Crippen molar-refractivity contribution in [2.75, 3.05) is 11.9 Å². The standard InChI is InChI=1S/C21H21N3O/c1-3-16(17-7-5-4-6-8-17)14-23-21-19(13-22)24-20(25-21)18-11-9-15(2)10-12-18/h4-12,16,23H,3,14H2,1-2H3. The topological polar surface area (TPSA) is 61.9 Å². The average molecular weight is 331 g/mol. The Labute approximate surface area is 148 Å². The Morgan fingerprint density at radius 2 is 1.84 bits per heavy atom. The number of hydrogen-bond acceptors (Lipinski definition) is 4. The van der Waals surface area contributed by atoms with E-state index < -0.39 is 0 Å². The van der Waals surface area contributed by atoms with Crippen LogP contribution in [0.5, 0.6) is 0 Å². The predicted octanol–water partition coefficient (Wildman–Crippen LogP) is 5.13. The highest BCUT2D eigenvalue weighted by Crippen LogP contribution is 2.27. The third-order valence-electron chi connectivity index (χ3n) is 4.30. The van der Waals surface area contributed by atoms with Gasteiger partial charge in [-0.3, -0.25) is 0 Å². The van der Waals surface area contributed by atoms with Crippen molar-refractivity contribution in [3.63, 3.8) is 0 Å². The van der Waals surface area contributed by atoms with Crippen LogP contribution >= 0.6 is 0 Å². The molecule has 0 saturated heterocycles. The van der Waals surface area contributed by atoms with Crippen LogP contribution < -0.4 is 5.32 Å². The van der Waals surface area contributed by atoms with Gasteiger partial charge < -0.3 is 9.73 Å². The van der Waals surface area contributed by atoms with Crippen LogP contribution in [-0.2, 0) is 0 Å². The summed E-state index contributed by atoms with van der Waals surface area (Å²) in [7, 11) is 0. The molecule has 1 atom stereocenters. The zero-order valence-corrected chi connectivity index (χ0v) is 14.5. The van der Waals surface area contributed by atoms with Gasteiger partial charge in [0.1, 0.15) is 6.07 Å². The van der Waals surface area contributed by atoms with Gasteiger partial charge in [-0.05, 0) is 31.0 Å². The lowest BCUT2D eigenvalue weighted by Gasteiger charge is -2.15. The zero-order chi connectivity index (χ0) is 17.6. The molecule has 0 radical (unpaired) electrons. The van der Waals surface area contributed by atoms with Gasteiger partial charge in [0.15, 0.2) is 0 Å². The van der Waals surface area contributed by atoms with Crippen LogP contribution in [0.25, 0.3) is 11.5 Å². The van der Waals surface area contributed by atoms with E-state index in [0.717, 1.165) is 12.0 Å². The molecular weight excluding hydrogens is 310 g/mol. The summed E-state index contributed by atoms with van der Waals surface area (Å²) in [4.78, 5) is 4.31. The van der Waals surface area contributed by atoms with Crippen LogP contribution in [0.1, 0.15) is 36.1 Å². The van der Waals surface area contributed by atoms with Gasteiger partial charge in [0.25, 0.3) is 0 Å². The Kier molecular flexibility index (Phi) is 5.15. The first-order valence-corrected chi connectivity index (χ1v) is 8.48. The minimum absolute atomic E-state index is 0.290. The summed E-state index contributed by atoms with van der Waals surface area (Å²) in [6, 6.07) is 20.4. The fourth-order valence-corrected chi connectivity index (χ4v) is 2.77. The number of oxazole rings is 1. The van der Waals surface area contributed by atoms with Gasteiger partial charge in [0, 0.05) is 18.0 Å². The van der Waals surface area contributed by atoms with E-state index >= 15 is 0 Å². The number of nitrogens with one attached hydrogen (secondary N) is 1. The first-order chi connectivity index (χ1) is 12.2. The molecule has 4 heteroatoms. The molecule has 126 valence electrons. The number of anilines is 1. The molecule has 0 amide bonds. The second-order valence-electron chi connectivity index (χ2n) is 6.07. The lowest BCUT2D eigenvalue weighted by atomic mass is 9.96. The van der Waals surface area contributed by atoms with E-state index in [0.29, 0.717) is 29.9 Å². The molecule has 0 aliphatic carbocycles. The molecule has 0 aliphatic heterocycles. The Morgan fingerprint density at radius 1 is 1.12 bits per heavy atom. The highest BCUT2D eigenvalue weighted by atomic mass is 16.4. The van der Waals surface area contributed by atoms with Crippen molar-refractivity contribution in [3.8, 4) is 17.5 Å². The van der Waals surface area contributed by atoms with Crippen molar-refractivity contribution in [2.45, 2.75) is 26.2 Å². The Hall–Kier alpha value is -3.06. The molecule has 0 bridgehead atoms. The highest BCUT2D eigenvalue weighted by Gasteiger charge is 2.16. The molecule has 1 aromatic heterocycles. The summed E-state index contributed by atoms with van der Waals surface area (Å²) in [5, 5.41) is 12.6. The summed E-state index contributed by atoms with van der Waals surface area (Å²) >= 11 is 0. The molecule has 1 unspecified atom stereocenters. The molecule has 1 heterocycles. The average Bonchev–Trinajstić information content (AvgIpc) is 3.07. The normalized spacial score (nSPS) is 11.7. The molecule has 2 aromatic carbocycles. The van der Waals surface area contributed by atoms with Gasteiger partial charge in [0.2, 0.25) is 17.5 Å². The molecule has 0 spiro atoms. The first-order valence-electron chi connectivity index (χ1n) is 8.48. The number of aryl methyl sites for hydroxylation is 1. The number of nitriles is 1. The van der Waals surface area contributed by atoms with E-state index in [1.54, 1.807) is 0 Å². The highest BCUT2D eigenvalue weighted by molar-refractivity contribution is 5.59. The Balaban J connectivity index is 1.78. The quantitative estimate of drug-likeness (QED) is 0.680. The number of benzene rings is 2. The van der Waals surface area contributed by atoms with Crippen LogP contribution in [0.2, 0.25) is 0 Å². The molecule has 1 N–H and O–H groups in total. The maximum Gasteiger partial charge on any atom is 0.232 e. The van der Waals surface area contributed by atoms with Crippen LogP contribution in [0.3, 0.4) is 0 Å².